The van der Waals surface area contributed by atoms with Crippen molar-refractivity contribution < 1.29 is 4.74 Å². The predicted octanol–water partition coefficient (Wildman–Crippen LogP) is 4.63. The Morgan fingerprint density at radius 1 is 1.14 bits per heavy atom. The molecule has 1 aliphatic rings. The molecule has 0 radical (unpaired) electrons. The normalized spacial score (nSPS) is 14.6. The zero-order valence-electron chi connectivity index (χ0n) is 11.8. The lowest BCUT2D eigenvalue weighted by Gasteiger charge is -2.21. The van der Waals surface area contributed by atoms with Crippen molar-refractivity contribution in [3.05, 3.63) is 63.1 Å². The zero-order chi connectivity index (χ0) is 14.8. The highest BCUT2D eigenvalue weighted by molar-refractivity contribution is 6.31. The van der Waals surface area contributed by atoms with E-state index in [0.29, 0.717) is 0 Å². The summed E-state index contributed by atoms with van der Waals surface area (Å²) < 4.78 is 5.83. The number of hydrogen-bond acceptors (Lipinski definition) is 2. The van der Waals surface area contributed by atoms with Crippen molar-refractivity contribution >= 4 is 23.2 Å². The van der Waals surface area contributed by atoms with Gasteiger partial charge in [0, 0.05) is 22.0 Å². The fourth-order valence-electron chi connectivity index (χ4n) is 2.78. The Morgan fingerprint density at radius 3 is 2.62 bits per heavy atom. The van der Waals surface area contributed by atoms with Gasteiger partial charge >= 0.3 is 0 Å². The van der Waals surface area contributed by atoms with Crippen molar-refractivity contribution in [1.82, 2.24) is 5.32 Å². The van der Waals surface area contributed by atoms with Crippen molar-refractivity contribution in [3.63, 3.8) is 0 Å². The van der Waals surface area contributed by atoms with Crippen LogP contribution >= 0.6 is 23.2 Å². The lowest BCUT2D eigenvalue weighted by Crippen LogP contribution is -2.22. The summed E-state index contributed by atoms with van der Waals surface area (Å²) in [4.78, 5) is 0. The summed E-state index contributed by atoms with van der Waals surface area (Å²) in [5.41, 5.74) is 3.44. The molecule has 1 heterocycles. The van der Waals surface area contributed by atoms with E-state index in [0.717, 1.165) is 46.5 Å². The molecule has 3 rings (SSSR count). The molecular weight excluding hydrogens is 305 g/mol. The van der Waals surface area contributed by atoms with Crippen molar-refractivity contribution in [3.8, 4) is 5.75 Å². The number of rotatable bonds is 4. The molecule has 2 aromatic carbocycles. The first-order valence-corrected chi connectivity index (χ1v) is 7.88. The summed E-state index contributed by atoms with van der Waals surface area (Å²) >= 11 is 12.3. The Kier molecular flexibility index (Phi) is 4.39. The van der Waals surface area contributed by atoms with E-state index in [1.54, 1.807) is 0 Å². The van der Waals surface area contributed by atoms with E-state index >= 15 is 0 Å². The van der Waals surface area contributed by atoms with Gasteiger partial charge < -0.3 is 10.1 Å². The Hall–Kier alpha value is -1.22. The first-order chi connectivity index (χ1) is 10.2. The van der Waals surface area contributed by atoms with E-state index in [9.17, 15) is 0 Å². The molecule has 0 aliphatic carbocycles. The lowest BCUT2D eigenvalue weighted by atomic mass is 9.95. The third-order valence-electron chi connectivity index (χ3n) is 3.70. The van der Waals surface area contributed by atoms with Crippen LogP contribution in [0.15, 0.2) is 36.4 Å². The Bertz CT molecular complexity index is 640. The molecule has 0 aromatic heterocycles. The number of ether oxygens (including phenoxy) is 1. The fraction of sp³-hybridized carbons (Fsp3) is 0.294. The number of benzene rings is 2. The third-order valence-corrected chi connectivity index (χ3v) is 4.17. The van der Waals surface area contributed by atoms with Gasteiger partial charge in [0.25, 0.3) is 0 Å². The molecule has 0 saturated heterocycles. The summed E-state index contributed by atoms with van der Waals surface area (Å²) in [5.74, 6) is 0.973. The van der Waals surface area contributed by atoms with Gasteiger partial charge in [-0.15, -0.1) is 0 Å². The first-order valence-electron chi connectivity index (χ1n) is 7.13. The molecule has 1 N–H and O–H groups in total. The highest BCUT2D eigenvalue weighted by atomic mass is 35.5. The van der Waals surface area contributed by atoms with Crippen LogP contribution in [0.5, 0.6) is 5.75 Å². The van der Waals surface area contributed by atoms with E-state index in [1.807, 2.05) is 36.4 Å². The summed E-state index contributed by atoms with van der Waals surface area (Å²) in [7, 11) is 0. The van der Waals surface area contributed by atoms with Crippen LogP contribution in [0, 0.1) is 0 Å². The summed E-state index contributed by atoms with van der Waals surface area (Å²) in [6.45, 7) is 3.67. The largest absolute Gasteiger partial charge is 0.493 e. The minimum absolute atomic E-state index is 0.0535. The summed E-state index contributed by atoms with van der Waals surface area (Å²) in [6.07, 6.45) is 0.919. The van der Waals surface area contributed by atoms with Crippen LogP contribution in [0.3, 0.4) is 0 Å². The van der Waals surface area contributed by atoms with Crippen LogP contribution in [0.4, 0.5) is 0 Å². The van der Waals surface area contributed by atoms with E-state index in [-0.39, 0.29) is 6.04 Å². The second-order valence-electron chi connectivity index (χ2n) is 5.12. The second kappa shape index (κ2) is 6.27. The minimum atomic E-state index is 0.0535. The highest BCUT2D eigenvalue weighted by Crippen LogP contribution is 2.38. The predicted molar refractivity (Wildman–Crippen MR) is 87.6 cm³/mol. The van der Waals surface area contributed by atoms with Crippen LogP contribution in [0.2, 0.25) is 10.0 Å². The number of fused-ring (bicyclic) bond motifs is 1. The molecule has 2 nitrogen and oxygen atoms in total. The molecule has 0 saturated carbocycles. The number of nitrogens with one attached hydrogen (secondary N) is 1. The maximum absolute atomic E-state index is 6.28. The van der Waals surface area contributed by atoms with Crippen LogP contribution < -0.4 is 10.1 Å². The first kappa shape index (κ1) is 14.7. The van der Waals surface area contributed by atoms with Crippen molar-refractivity contribution in [2.24, 2.45) is 0 Å². The molecule has 2 aromatic rings. The topological polar surface area (TPSA) is 21.3 Å². The molecule has 4 heteroatoms. The van der Waals surface area contributed by atoms with Gasteiger partial charge in [-0.25, -0.2) is 0 Å². The standard InChI is InChI=1S/C17H17Cl2NO/c1-2-20-16(11-3-5-13(18)6-4-11)15-10-14(19)9-12-7-8-21-17(12)15/h3-6,9-10,16,20H,2,7-8H2,1H3. The van der Waals surface area contributed by atoms with Gasteiger partial charge in [0.2, 0.25) is 0 Å². The minimum Gasteiger partial charge on any atom is -0.493 e. The molecule has 0 bridgehead atoms. The van der Waals surface area contributed by atoms with Crippen molar-refractivity contribution in [1.29, 1.82) is 0 Å². The maximum atomic E-state index is 6.28. The summed E-state index contributed by atoms with van der Waals surface area (Å²) in [6, 6.07) is 11.9. The highest BCUT2D eigenvalue weighted by Gasteiger charge is 2.24. The Balaban J connectivity index is 2.07. The van der Waals surface area contributed by atoms with Crippen LogP contribution in [0.1, 0.15) is 29.7 Å². The number of hydrogen-bond donors (Lipinski definition) is 1. The molecule has 1 atom stereocenters. The van der Waals surface area contributed by atoms with Crippen molar-refractivity contribution in [2.75, 3.05) is 13.2 Å². The van der Waals surface area contributed by atoms with Crippen LogP contribution in [-0.2, 0) is 6.42 Å². The van der Waals surface area contributed by atoms with Gasteiger partial charge in [0.15, 0.2) is 0 Å². The van der Waals surface area contributed by atoms with Gasteiger partial charge in [-0.2, -0.15) is 0 Å². The molecule has 0 fully saturated rings. The Labute approximate surface area is 135 Å². The van der Waals surface area contributed by atoms with Crippen LogP contribution in [0.25, 0.3) is 0 Å². The van der Waals surface area contributed by atoms with E-state index in [2.05, 4.69) is 12.2 Å². The average Bonchev–Trinajstić information content (AvgIpc) is 2.93. The monoisotopic (exact) mass is 321 g/mol. The molecular formula is C17H17Cl2NO. The average molecular weight is 322 g/mol. The van der Waals surface area contributed by atoms with E-state index in [4.69, 9.17) is 27.9 Å². The number of halogens is 2. The van der Waals surface area contributed by atoms with Gasteiger partial charge in [0.05, 0.1) is 12.6 Å². The molecule has 0 spiro atoms. The molecule has 1 aliphatic heterocycles. The SMILES string of the molecule is CCNC(c1ccc(Cl)cc1)c1cc(Cl)cc2c1OCC2. The zero-order valence-corrected chi connectivity index (χ0v) is 13.3. The van der Waals surface area contributed by atoms with Gasteiger partial charge in [-0.1, -0.05) is 42.3 Å². The van der Waals surface area contributed by atoms with E-state index in [1.165, 1.54) is 5.56 Å². The second-order valence-corrected chi connectivity index (χ2v) is 6.00. The van der Waals surface area contributed by atoms with E-state index < -0.39 is 0 Å². The molecule has 1 unspecified atom stereocenters. The van der Waals surface area contributed by atoms with Gasteiger partial charge in [-0.3, -0.25) is 0 Å². The smallest absolute Gasteiger partial charge is 0.127 e. The van der Waals surface area contributed by atoms with Gasteiger partial charge in [-0.05, 0) is 41.9 Å². The van der Waals surface area contributed by atoms with Crippen LogP contribution in [-0.4, -0.2) is 13.2 Å². The quantitative estimate of drug-likeness (QED) is 0.886. The summed E-state index contributed by atoms with van der Waals surface area (Å²) in [5, 5.41) is 5.00. The fourth-order valence-corrected chi connectivity index (χ4v) is 3.15. The van der Waals surface area contributed by atoms with Crippen molar-refractivity contribution in [2.45, 2.75) is 19.4 Å². The maximum Gasteiger partial charge on any atom is 0.127 e. The Morgan fingerprint density at radius 2 is 1.90 bits per heavy atom. The molecule has 0 amide bonds. The lowest BCUT2D eigenvalue weighted by molar-refractivity contribution is 0.350. The van der Waals surface area contributed by atoms with Gasteiger partial charge in [0.1, 0.15) is 5.75 Å². The molecule has 21 heavy (non-hydrogen) atoms. The third kappa shape index (κ3) is 3.03. The molecule has 110 valence electrons.